The molecule has 1 aliphatic rings. The molecule has 1 N–H and O–H groups in total. The maximum absolute atomic E-state index is 5.07. The molecule has 8 aromatic rings. The summed E-state index contributed by atoms with van der Waals surface area (Å²) in [5.41, 5.74) is 6.69. The van der Waals surface area contributed by atoms with Crippen molar-refractivity contribution >= 4 is 55.0 Å². The molecule has 4 nitrogen and oxygen atoms in total. The number of hydrogen-bond donors (Lipinski definition) is 1. The van der Waals surface area contributed by atoms with E-state index in [1.165, 1.54) is 38.0 Å². The quantitative estimate of drug-likeness (QED) is 0.223. The highest BCUT2D eigenvalue weighted by molar-refractivity contribution is 6.15. The van der Waals surface area contributed by atoms with E-state index in [2.05, 4.69) is 131 Å². The summed E-state index contributed by atoms with van der Waals surface area (Å²) in [6.07, 6.45) is -0.224. The molecule has 0 bridgehead atoms. The van der Waals surface area contributed by atoms with Crippen molar-refractivity contribution in [2.45, 2.75) is 6.17 Å². The van der Waals surface area contributed by atoms with Crippen molar-refractivity contribution in [3.8, 4) is 5.69 Å². The molecule has 4 heteroatoms. The third kappa shape index (κ3) is 4.38. The normalized spacial score (nSPS) is 14.9. The van der Waals surface area contributed by atoms with E-state index in [1.54, 1.807) is 0 Å². The molecule has 9 rings (SSSR count). The van der Waals surface area contributed by atoms with Crippen LogP contribution in [0.3, 0.4) is 0 Å². The van der Waals surface area contributed by atoms with Crippen molar-refractivity contribution in [2.24, 2.45) is 9.98 Å². The number of aliphatic imine (C=N–C) groups is 2. The van der Waals surface area contributed by atoms with E-state index in [4.69, 9.17) is 9.98 Å². The Balaban J connectivity index is 1.16. The van der Waals surface area contributed by atoms with Gasteiger partial charge in [-0.05, 0) is 63.5 Å². The first kappa shape index (κ1) is 25.5. The highest BCUT2D eigenvalue weighted by atomic mass is 15.2. The van der Waals surface area contributed by atoms with Gasteiger partial charge in [0.25, 0.3) is 0 Å². The monoisotopic (exact) mass is 576 g/mol. The number of aromatic nitrogens is 1. The predicted octanol–water partition coefficient (Wildman–Crippen LogP) is 9.59. The highest BCUT2D eigenvalue weighted by Gasteiger charge is 2.21. The van der Waals surface area contributed by atoms with Crippen molar-refractivity contribution < 1.29 is 0 Å². The Bertz CT molecular complexity index is 2450. The van der Waals surface area contributed by atoms with Gasteiger partial charge in [0.15, 0.2) is 5.84 Å². The summed E-state index contributed by atoms with van der Waals surface area (Å²) in [4.78, 5) is 10.1. The van der Waals surface area contributed by atoms with Crippen molar-refractivity contribution in [3.05, 3.63) is 174 Å². The Morgan fingerprint density at radius 2 is 1.16 bits per heavy atom. The number of benzene rings is 7. The number of nitrogens with one attached hydrogen (secondary N) is 1. The summed E-state index contributed by atoms with van der Waals surface area (Å²) in [6.45, 7) is 0. The van der Waals surface area contributed by atoms with E-state index in [-0.39, 0.29) is 6.17 Å². The van der Waals surface area contributed by atoms with Crippen LogP contribution >= 0.6 is 0 Å². The lowest BCUT2D eigenvalue weighted by Crippen LogP contribution is -2.33. The molecule has 0 saturated carbocycles. The average molecular weight is 577 g/mol. The standard InChI is InChI=1S/C41H28N4/c1-3-11-27(12-4-1)39-42-40(28-13-5-2-6-14-28)44-41(43-39)33-20-19-32-24-34(22-21-31(32)23-33)45-37-18-10-9-17-35(37)36-25-29-15-7-8-16-30(29)26-38(36)45/h1-26,39H,(H,42,43,44). The van der Waals surface area contributed by atoms with Crippen LogP contribution in [0.1, 0.15) is 22.9 Å². The SMILES string of the molecule is c1ccc(C2=NC(c3ccc4cc(-n5c6ccccc6c6cc7ccccc7cc65)ccc4c3)=NC(c3ccccc3)N2)cc1. The van der Waals surface area contributed by atoms with Crippen LogP contribution < -0.4 is 5.32 Å². The Morgan fingerprint density at radius 3 is 2.00 bits per heavy atom. The Morgan fingerprint density at radius 1 is 0.489 bits per heavy atom. The number of para-hydroxylation sites is 1. The number of nitrogens with zero attached hydrogens (tertiary/aromatic N) is 3. The molecular weight excluding hydrogens is 548 g/mol. The van der Waals surface area contributed by atoms with Gasteiger partial charge >= 0.3 is 0 Å². The van der Waals surface area contributed by atoms with Crippen LogP contribution in [0.25, 0.3) is 49.0 Å². The number of hydrogen-bond acceptors (Lipinski definition) is 3. The van der Waals surface area contributed by atoms with Crippen LogP contribution in [-0.4, -0.2) is 16.2 Å². The summed E-state index contributed by atoms with van der Waals surface area (Å²) in [7, 11) is 0. The second-order valence-corrected chi connectivity index (χ2v) is 11.6. The minimum Gasteiger partial charge on any atom is -0.344 e. The zero-order valence-corrected chi connectivity index (χ0v) is 24.4. The average Bonchev–Trinajstić information content (AvgIpc) is 3.44. The van der Waals surface area contributed by atoms with Crippen molar-refractivity contribution in [1.29, 1.82) is 0 Å². The molecule has 0 fully saturated rings. The molecule has 1 unspecified atom stereocenters. The molecule has 0 saturated heterocycles. The molecule has 0 amide bonds. The minimum atomic E-state index is -0.224. The van der Waals surface area contributed by atoms with Crippen molar-refractivity contribution in [2.75, 3.05) is 0 Å². The van der Waals surface area contributed by atoms with E-state index in [1.807, 2.05) is 36.4 Å². The van der Waals surface area contributed by atoms with E-state index in [0.717, 1.165) is 39.4 Å². The van der Waals surface area contributed by atoms with Crippen LogP contribution in [-0.2, 0) is 0 Å². The summed E-state index contributed by atoms with van der Waals surface area (Å²) in [5, 5.41) is 10.9. The topological polar surface area (TPSA) is 41.7 Å². The van der Waals surface area contributed by atoms with Gasteiger partial charge in [0.05, 0.1) is 11.0 Å². The number of rotatable bonds is 4. The third-order valence-corrected chi connectivity index (χ3v) is 8.79. The van der Waals surface area contributed by atoms with Crippen LogP contribution in [0.15, 0.2) is 168 Å². The summed E-state index contributed by atoms with van der Waals surface area (Å²) >= 11 is 0. The van der Waals surface area contributed by atoms with Gasteiger partial charge in [-0.1, -0.05) is 121 Å². The maximum atomic E-state index is 5.07. The Hall–Kier alpha value is -6.00. The van der Waals surface area contributed by atoms with Gasteiger partial charge in [-0.25, -0.2) is 9.98 Å². The molecule has 45 heavy (non-hydrogen) atoms. The van der Waals surface area contributed by atoms with Gasteiger partial charge in [0.1, 0.15) is 12.0 Å². The first-order valence-electron chi connectivity index (χ1n) is 15.3. The molecule has 212 valence electrons. The number of fused-ring (bicyclic) bond motifs is 5. The van der Waals surface area contributed by atoms with E-state index in [9.17, 15) is 0 Å². The van der Waals surface area contributed by atoms with Gasteiger partial charge in [0, 0.05) is 27.6 Å². The minimum absolute atomic E-state index is 0.224. The van der Waals surface area contributed by atoms with Crippen molar-refractivity contribution in [3.63, 3.8) is 0 Å². The molecule has 1 aliphatic heterocycles. The van der Waals surface area contributed by atoms with E-state index in [0.29, 0.717) is 0 Å². The fourth-order valence-corrected chi connectivity index (χ4v) is 6.57. The lowest BCUT2D eigenvalue weighted by Gasteiger charge is -2.23. The van der Waals surface area contributed by atoms with Gasteiger partial charge in [-0.3, -0.25) is 0 Å². The van der Waals surface area contributed by atoms with Gasteiger partial charge in [0.2, 0.25) is 0 Å². The Labute approximate surface area is 260 Å². The molecule has 2 heterocycles. The molecule has 7 aromatic carbocycles. The largest absolute Gasteiger partial charge is 0.344 e. The summed E-state index contributed by atoms with van der Waals surface area (Å²) in [6, 6.07) is 55.8. The van der Waals surface area contributed by atoms with Gasteiger partial charge in [-0.15, -0.1) is 0 Å². The smallest absolute Gasteiger partial charge is 0.159 e. The fourth-order valence-electron chi connectivity index (χ4n) is 6.57. The Kier molecular flexibility index (Phi) is 5.85. The summed E-state index contributed by atoms with van der Waals surface area (Å²) in [5.74, 6) is 1.55. The second kappa shape index (κ2) is 10.3. The lowest BCUT2D eigenvalue weighted by atomic mass is 10.0. The molecule has 0 spiro atoms. The van der Waals surface area contributed by atoms with Crippen LogP contribution in [0.5, 0.6) is 0 Å². The van der Waals surface area contributed by atoms with Crippen molar-refractivity contribution in [1.82, 2.24) is 9.88 Å². The molecule has 0 radical (unpaired) electrons. The van der Waals surface area contributed by atoms with Gasteiger partial charge < -0.3 is 9.88 Å². The predicted molar refractivity (Wildman–Crippen MR) is 188 cm³/mol. The van der Waals surface area contributed by atoms with Crippen LogP contribution in [0, 0.1) is 0 Å². The van der Waals surface area contributed by atoms with Crippen LogP contribution in [0.2, 0.25) is 0 Å². The van der Waals surface area contributed by atoms with E-state index >= 15 is 0 Å². The van der Waals surface area contributed by atoms with Gasteiger partial charge in [-0.2, -0.15) is 0 Å². The first-order chi connectivity index (χ1) is 22.3. The van der Waals surface area contributed by atoms with Crippen LogP contribution in [0.4, 0.5) is 0 Å². The number of amidine groups is 2. The molecule has 1 aromatic heterocycles. The molecule has 1 atom stereocenters. The summed E-state index contributed by atoms with van der Waals surface area (Å²) < 4.78 is 2.39. The third-order valence-electron chi connectivity index (χ3n) is 8.79. The molecular formula is C41H28N4. The lowest BCUT2D eigenvalue weighted by molar-refractivity contribution is 0.674. The first-order valence-corrected chi connectivity index (χ1v) is 15.3. The van der Waals surface area contributed by atoms with E-state index < -0.39 is 0 Å². The zero-order chi connectivity index (χ0) is 29.7. The highest BCUT2D eigenvalue weighted by Crippen LogP contribution is 2.35. The maximum Gasteiger partial charge on any atom is 0.159 e. The zero-order valence-electron chi connectivity index (χ0n) is 24.4. The fraction of sp³-hybridized carbons (Fsp3) is 0.0244. The second-order valence-electron chi connectivity index (χ2n) is 11.6. The molecule has 0 aliphatic carbocycles.